The summed E-state index contributed by atoms with van der Waals surface area (Å²) in [5, 5.41) is 26.6. The average molecular weight is 2060 g/mol. The van der Waals surface area contributed by atoms with Crippen LogP contribution in [0.2, 0.25) is 0 Å². The number of hydrogen-bond donors (Lipinski definition) is 4. The van der Waals surface area contributed by atoms with E-state index in [4.69, 9.17) is 29.3 Å². The number of ether oxygens (including phenoxy) is 3. The van der Waals surface area contributed by atoms with Crippen molar-refractivity contribution in [1.29, 1.82) is 0 Å². The van der Waals surface area contributed by atoms with Gasteiger partial charge in [0.05, 0.1) is 54.9 Å². The van der Waals surface area contributed by atoms with Crippen molar-refractivity contribution >= 4 is 176 Å². The number of aliphatic hydroxyl groups excluding tert-OH is 1. The maximum absolute atomic E-state index is 13.2. The molecule has 2 saturated heterocycles. The van der Waals surface area contributed by atoms with Gasteiger partial charge in [-0.15, -0.1) is 24.0 Å². The van der Waals surface area contributed by atoms with Gasteiger partial charge >= 0.3 is 62.4 Å². The van der Waals surface area contributed by atoms with Crippen LogP contribution in [-0.4, -0.2) is 228 Å². The van der Waals surface area contributed by atoms with Crippen molar-refractivity contribution in [2.45, 2.75) is 114 Å². The van der Waals surface area contributed by atoms with Crippen LogP contribution in [0.1, 0.15) is 89.9 Å². The summed E-state index contributed by atoms with van der Waals surface area (Å²) in [6.07, 6.45) is 19.8. The number of hydrogen-bond acceptors (Lipinski definition) is 20. The van der Waals surface area contributed by atoms with Crippen molar-refractivity contribution in [1.82, 2.24) is 48.7 Å². The summed E-state index contributed by atoms with van der Waals surface area (Å²) in [6.45, 7) is 3.59. The maximum atomic E-state index is 13.2. The number of amides is 2. The third-order valence-corrected chi connectivity index (χ3v) is 18.6. The molecule has 25 nitrogen and oxygen atoms in total. The van der Waals surface area contributed by atoms with E-state index in [1.165, 1.54) is 12.5 Å². The van der Waals surface area contributed by atoms with Crippen LogP contribution >= 0.6 is 98.4 Å². The van der Waals surface area contributed by atoms with E-state index in [0.29, 0.717) is 115 Å². The summed E-state index contributed by atoms with van der Waals surface area (Å²) < 4.78 is 66.9. The van der Waals surface area contributed by atoms with Crippen molar-refractivity contribution in [2.24, 2.45) is 11.8 Å². The van der Waals surface area contributed by atoms with E-state index in [9.17, 15) is 41.1 Å². The van der Waals surface area contributed by atoms with E-state index in [1.807, 2.05) is 106 Å². The van der Waals surface area contributed by atoms with E-state index in [-0.39, 0.29) is 102 Å². The number of carbonyl (C=O) groups excluding carboxylic acids is 3. The molecule has 10 rings (SSSR count). The van der Waals surface area contributed by atoms with Crippen LogP contribution < -0.4 is 33.4 Å². The molecule has 0 radical (unpaired) electrons. The van der Waals surface area contributed by atoms with Crippen molar-refractivity contribution < 1.29 is 73.7 Å². The number of carbonyl (C=O) groups is 4. The molecule has 4 N–H and O–H groups in total. The molecule has 0 spiro atoms. The summed E-state index contributed by atoms with van der Waals surface area (Å²) in [5.74, 6) is 3.66. The minimum atomic E-state index is -3.02. The van der Waals surface area contributed by atoms with E-state index in [2.05, 4.69) is 95.1 Å². The van der Waals surface area contributed by atoms with Gasteiger partial charge in [0, 0.05) is 148 Å². The van der Waals surface area contributed by atoms with Crippen LogP contribution in [-0.2, 0) is 43.6 Å². The Bertz CT molecular complexity index is 3660. The van der Waals surface area contributed by atoms with Crippen molar-refractivity contribution in [3.63, 3.8) is 0 Å². The molecule has 2 aromatic carbocycles. The second kappa shape index (κ2) is 43.1. The first-order valence-corrected chi connectivity index (χ1v) is 54.8. The predicted octanol–water partition coefficient (Wildman–Crippen LogP) is 7.29. The quantitative estimate of drug-likeness (QED) is 0.0278. The Morgan fingerprint density at radius 1 is 0.598 bits per heavy atom. The molecule has 4 aromatic heterocycles. The van der Waals surface area contributed by atoms with Crippen molar-refractivity contribution in [2.75, 3.05) is 115 Å². The second-order valence-electron chi connectivity index (χ2n) is 24.8. The number of sulfone groups is 2. The third-order valence-electron chi connectivity index (χ3n) is 16.5. The zero-order valence-electron chi connectivity index (χ0n) is 55.5. The number of carboxylic acid groups (broad SMARTS) is 1. The predicted molar refractivity (Wildman–Crippen MR) is 420 cm³/mol. The Labute approximate surface area is 640 Å². The molecule has 0 unspecified atom stereocenters. The van der Waals surface area contributed by atoms with E-state index in [0.717, 1.165) is 84.8 Å². The van der Waals surface area contributed by atoms with Crippen LogP contribution in [0.25, 0.3) is 33.4 Å². The van der Waals surface area contributed by atoms with Gasteiger partial charge in [-0.3, -0.25) is 29.0 Å². The zero-order chi connectivity index (χ0) is 70.0. The molecule has 6 heterocycles. The van der Waals surface area contributed by atoms with Crippen LogP contribution in [0.4, 0.5) is 11.9 Å². The van der Waals surface area contributed by atoms with E-state index in [1.54, 1.807) is 36.3 Å². The number of fused-ring (bicyclic) bond motifs is 2. The summed E-state index contributed by atoms with van der Waals surface area (Å²) in [4.78, 5) is 73.6. The Kier molecular flexibility index (Phi) is 37.6. The molecule has 2 aliphatic carbocycles. The molecule has 4 fully saturated rings. The van der Waals surface area contributed by atoms with Crippen molar-refractivity contribution in [3.05, 3.63) is 85.5 Å². The summed E-state index contributed by atoms with van der Waals surface area (Å²) in [5.41, 5.74) is 1.86. The third kappa shape index (κ3) is 28.9. The average Bonchev–Trinajstić information content (AvgIpc) is 1.67. The molecule has 97 heavy (non-hydrogen) atoms. The molecular formula is C64H91I6N12O13S2-. The molecule has 540 valence electrons. The number of nitrogens with one attached hydrogen (secondary N) is 2. The number of carboxylic acids is 1. The second-order valence-corrected chi connectivity index (χ2v) is 45.5. The number of esters is 1. The normalized spacial score (nSPS) is 18.4. The van der Waals surface area contributed by atoms with Gasteiger partial charge in [-0.2, -0.15) is 9.97 Å². The van der Waals surface area contributed by atoms with Gasteiger partial charge in [0.15, 0.2) is 0 Å². The first-order valence-electron chi connectivity index (χ1n) is 31.9. The van der Waals surface area contributed by atoms with Gasteiger partial charge in [0.1, 0.15) is 48.9 Å². The number of halogens is 6. The Balaban J connectivity index is 0.000000300. The number of anilines is 2. The number of benzene rings is 2. The number of piperidine rings is 2. The van der Waals surface area contributed by atoms with Gasteiger partial charge in [-0.25, -0.2) is 26.8 Å². The topological polar surface area (TPSA) is 303 Å². The molecule has 6 aromatic rings. The Hall–Kier alpha value is -3.08. The summed E-state index contributed by atoms with van der Waals surface area (Å²) in [6, 6.07) is 19.6. The van der Waals surface area contributed by atoms with Gasteiger partial charge in [0.25, 0.3) is 0 Å². The molecule has 33 heteroatoms. The number of aliphatic carboxylic acids is 1. The molecule has 2 aliphatic heterocycles. The molecule has 0 atom stereocenters. The fourth-order valence-corrected chi connectivity index (χ4v) is 13.2. The SMILES string of the molecule is CN(C)CC(=O)O.CN(C)CC(=O)OC1CCN(C(=O)C2CCC(Nc3nccc(-n4ccc5c(OCCCS(C)(=O)=O)cccc54)n3)CC2)CC1.CS(=O)(=O)CCCOc1cccc2c1ccn2-c1ccnc(NC2CCC(C(=O)N3CCC(O)CC3)CC2)n1.I.II.I[I-]I. The first kappa shape index (κ1) is 84.6. The zero-order valence-corrected chi connectivity index (χ0v) is 70.2. The van der Waals surface area contributed by atoms with Crippen LogP contribution in [0, 0.1) is 11.8 Å². The van der Waals surface area contributed by atoms with Gasteiger partial charge in [0.2, 0.25) is 23.7 Å². The number of aromatic nitrogens is 6. The number of likely N-dealkylation sites (tertiary alicyclic amines) is 2. The number of rotatable bonds is 23. The van der Waals surface area contributed by atoms with Crippen LogP contribution in [0.15, 0.2) is 85.5 Å². The van der Waals surface area contributed by atoms with E-state index >= 15 is 0 Å². The molecule has 0 bridgehead atoms. The molecular weight excluding hydrogens is 1970 g/mol. The van der Waals surface area contributed by atoms with Gasteiger partial charge < -0.3 is 54.0 Å². The van der Waals surface area contributed by atoms with Crippen molar-refractivity contribution in [3.8, 4) is 23.1 Å². The molecule has 2 saturated carbocycles. The number of likely N-dealkylation sites (N-methyl/N-ethyl adjacent to an activating group) is 2. The summed E-state index contributed by atoms with van der Waals surface area (Å²) >= 11 is 9.54. The van der Waals surface area contributed by atoms with Crippen LogP contribution in [0.3, 0.4) is 0 Å². The number of nitrogens with zero attached hydrogens (tertiary/aromatic N) is 10. The van der Waals surface area contributed by atoms with Gasteiger partial charge in [-0.1, -0.05) is 12.1 Å². The minimum absolute atomic E-state index is 0. The number of aliphatic hydroxyl groups is 1. The Morgan fingerprint density at radius 2 is 0.990 bits per heavy atom. The molecule has 4 aliphatic rings. The van der Waals surface area contributed by atoms with Crippen LogP contribution in [0.5, 0.6) is 11.5 Å². The first-order chi connectivity index (χ1) is 45.9. The molecule has 2 amide bonds. The standard InChI is InChI=1S/C32H44N6O6S.C28H37N5O5S.C4H9NO2.I3.I2.HI/c1-36(2)22-30(39)44-25-13-17-37(18-14-25)31(40)23-8-10-24(11-9-23)34-32-33-16-12-29(35-32)38-19-15-26-27(38)6-4-7-28(26)43-20-5-21-45(3,41)42;1-39(36,37)19-3-18-38-25-5-2-4-24-23(25)13-17-33(24)26-10-14-29-28(31-26)30-21-8-6-20(7-9-21)27(35)32-15-11-22(34)12-16-32;1-5(2)3-4(6)7;1-3-2;1-2;/h4,6-7,12,15-16,19,23-25H,5,8-11,13-14,17-18,20-22H2,1-3H3,(H,33,34,35);2,4-5,10,13-14,17,20-22,34H,3,6-9,11-12,15-16,18-19H2,1H3,(H,29,30,31);3H2,1-2H3,(H,6,7);;;1H/q;;;-1;;. The summed E-state index contributed by atoms with van der Waals surface area (Å²) in [7, 11) is 1.08. The monoisotopic (exact) mass is 2060 g/mol. The fourth-order valence-electron chi connectivity index (χ4n) is 11.9. The Morgan fingerprint density at radius 3 is 1.35 bits per heavy atom. The fraction of sp³-hybridized carbons (Fsp3) is 0.562. The van der Waals surface area contributed by atoms with E-state index < -0.39 is 25.6 Å². The van der Waals surface area contributed by atoms with Gasteiger partial charge in [-0.05, 0) is 154 Å².